The maximum Gasteiger partial charge on any atom is 0.271 e. The van der Waals surface area contributed by atoms with E-state index < -0.39 is 0 Å². The summed E-state index contributed by atoms with van der Waals surface area (Å²) in [6.07, 6.45) is 3.96. The molecule has 1 aromatic heterocycles. The predicted octanol–water partition coefficient (Wildman–Crippen LogP) is 3.72. The van der Waals surface area contributed by atoms with Crippen LogP contribution in [-0.4, -0.2) is 23.0 Å². The molecule has 0 saturated heterocycles. The lowest BCUT2D eigenvalue weighted by molar-refractivity contribution is 0.0945. The average molecular weight is 362 g/mol. The third kappa shape index (κ3) is 4.82. The van der Waals surface area contributed by atoms with Crippen molar-refractivity contribution in [1.82, 2.24) is 15.3 Å². The number of carbonyl (C=O) groups excluding carboxylic acids is 1. The summed E-state index contributed by atoms with van der Waals surface area (Å²) in [6.45, 7) is 2.51. The third-order valence-electron chi connectivity index (χ3n) is 4.16. The van der Waals surface area contributed by atoms with Crippen molar-refractivity contribution >= 4 is 17.4 Å². The Hall–Kier alpha value is -3.41. The summed E-state index contributed by atoms with van der Waals surface area (Å²) < 4.78 is 5.12. The molecule has 6 nitrogen and oxygen atoms in total. The Morgan fingerprint density at radius 2 is 1.81 bits per heavy atom. The predicted molar refractivity (Wildman–Crippen MR) is 105 cm³/mol. The SMILES string of the molecule is CCc1ccccc1Nc1cnc(C(=O)NCc2ccc(OC)cc2)cn1. The topological polar surface area (TPSA) is 76.1 Å². The molecule has 0 radical (unpaired) electrons. The molecule has 0 saturated carbocycles. The molecule has 0 unspecified atom stereocenters. The molecule has 0 aliphatic carbocycles. The second kappa shape index (κ2) is 8.80. The number of carbonyl (C=O) groups is 1. The van der Waals surface area contributed by atoms with E-state index in [0.29, 0.717) is 12.4 Å². The second-order valence-corrected chi connectivity index (χ2v) is 5.95. The van der Waals surface area contributed by atoms with Crippen LogP contribution in [0.25, 0.3) is 0 Å². The number of anilines is 2. The standard InChI is InChI=1S/C21H22N4O2/c1-3-16-6-4-5-7-18(16)25-20-14-22-19(13-23-20)21(26)24-12-15-8-10-17(27-2)11-9-15/h4-11,13-14H,3,12H2,1-2H3,(H,23,25)(H,24,26). The van der Waals surface area contributed by atoms with E-state index >= 15 is 0 Å². The van der Waals surface area contributed by atoms with Gasteiger partial charge in [0.15, 0.2) is 0 Å². The van der Waals surface area contributed by atoms with Crippen molar-refractivity contribution in [3.8, 4) is 5.75 Å². The smallest absolute Gasteiger partial charge is 0.271 e. The summed E-state index contributed by atoms with van der Waals surface area (Å²) in [5.41, 5.74) is 3.44. The molecule has 1 heterocycles. The van der Waals surface area contributed by atoms with Crippen molar-refractivity contribution in [2.75, 3.05) is 12.4 Å². The van der Waals surface area contributed by atoms with E-state index in [1.165, 1.54) is 11.8 Å². The van der Waals surface area contributed by atoms with Gasteiger partial charge in [-0.1, -0.05) is 37.3 Å². The summed E-state index contributed by atoms with van der Waals surface area (Å²) >= 11 is 0. The number of aromatic nitrogens is 2. The van der Waals surface area contributed by atoms with Crippen molar-refractivity contribution in [1.29, 1.82) is 0 Å². The molecule has 2 N–H and O–H groups in total. The second-order valence-electron chi connectivity index (χ2n) is 5.95. The first-order valence-electron chi connectivity index (χ1n) is 8.77. The number of rotatable bonds is 7. The molecule has 138 valence electrons. The van der Waals surface area contributed by atoms with E-state index in [1.54, 1.807) is 13.3 Å². The Balaban J connectivity index is 1.59. The average Bonchev–Trinajstić information content (AvgIpc) is 2.73. The molecule has 1 amide bonds. The molecule has 2 aromatic carbocycles. The van der Waals surface area contributed by atoms with Crippen LogP contribution >= 0.6 is 0 Å². The van der Waals surface area contributed by atoms with Gasteiger partial charge < -0.3 is 15.4 Å². The molecule has 3 aromatic rings. The van der Waals surface area contributed by atoms with Crippen LogP contribution in [0.1, 0.15) is 28.5 Å². The number of nitrogens with one attached hydrogen (secondary N) is 2. The Kier molecular flexibility index (Phi) is 5.99. The lowest BCUT2D eigenvalue weighted by atomic mass is 10.1. The summed E-state index contributed by atoms with van der Waals surface area (Å²) in [4.78, 5) is 20.8. The van der Waals surface area contributed by atoms with Gasteiger partial charge in [0.1, 0.15) is 17.3 Å². The molecule has 0 fully saturated rings. The third-order valence-corrected chi connectivity index (χ3v) is 4.16. The van der Waals surface area contributed by atoms with Gasteiger partial charge in [0.2, 0.25) is 0 Å². The van der Waals surface area contributed by atoms with Crippen molar-refractivity contribution in [2.45, 2.75) is 19.9 Å². The maximum absolute atomic E-state index is 12.3. The molecular formula is C21H22N4O2. The normalized spacial score (nSPS) is 10.3. The number of para-hydroxylation sites is 1. The van der Waals surface area contributed by atoms with Gasteiger partial charge in [0.25, 0.3) is 5.91 Å². The van der Waals surface area contributed by atoms with E-state index in [-0.39, 0.29) is 11.6 Å². The molecule has 0 spiro atoms. The van der Waals surface area contributed by atoms with Crippen LogP contribution in [-0.2, 0) is 13.0 Å². The van der Waals surface area contributed by atoms with Crippen LogP contribution in [0.15, 0.2) is 60.9 Å². The van der Waals surface area contributed by atoms with E-state index in [2.05, 4.69) is 33.6 Å². The first-order valence-corrected chi connectivity index (χ1v) is 8.77. The number of hydrogen-bond donors (Lipinski definition) is 2. The van der Waals surface area contributed by atoms with Gasteiger partial charge in [-0.25, -0.2) is 9.97 Å². The molecule has 0 aliphatic heterocycles. The Morgan fingerprint density at radius 1 is 1.04 bits per heavy atom. The lowest BCUT2D eigenvalue weighted by Gasteiger charge is -2.10. The Labute approximate surface area is 158 Å². The van der Waals surface area contributed by atoms with E-state index in [9.17, 15) is 4.79 Å². The first kappa shape index (κ1) is 18.4. The number of ether oxygens (including phenoxy) is 1. The highest BCUT2D eigenvalue weighted by Crippen LogP contribution is 2.19. The van der Waals surface area contributed by atoms with Gasteiger partial charge in [0.05, 0.1) is 19.5 Å². The number of amides is 1. The zero-order valence-electron chi connectivity index (χ0n) is 15.4. The van der Waals surface area contributed by atoms with Crippen molar-refractivity contribution < 1.29 is 9.53 Å². The van der Waals surface area contributed by atoms with Crippen LogP contribution < -0.4 is 15.4 Å². The van der Waals surface area contributed by atoms with Gasteiger partial charge in [-0.3, -0.25) is 4.79 Å². The fourth-order valence-electron chi connectivity index (χ4n) is 2.61. The highest BCUT2D eigenvalue weighted by Gasteiger charge is 2.09. The van der Waals surface area contributed by atoms with Gasteiger partial charge in [0, 0.05) is 12.2 Å². The molecule has 3 rings (SSSR count). The van der Waals surface area contributed by atoms with Gasteiger partial charge in [-0.2, -0.15) is 0 Å². The van der Waals surface area contributed by atoms with Crippen LogP contribution in [0.2, 0.25) is 0 Å². The highest BCUT2D eigenvalue weighted by atomic mass is 16.5. The minimum absolute atomic E-state index is 0.265. The number of nitrogens with zero attached hydrogens (tertiary/aromatic N) is 2. The Morgan fingerprint density at radius 3 is 2.48 bits per heavy atom. The van der Waals surface area contributed by atoms with Crippen LogP contribution in [0.4, 0.5) is 11.5 Å². The molecule has 6 heteroatoms. The molecular weight excluding hydrogens is 340 g/mol. The number of hydrogen-bond acceptors (Lipinski definition) is 5. The van der Waals surface area contributed by atoms with Crippen molar-refractivity contribution in [2.24, 2.45) is 0 Å². The lowest BCUT2D eigenvalue weighted by Crippen LogP contribution is -2.24. The van der Waals surface area contributed by atoms with Gasteiger partial charge in [-0.15, -0.1) is 0 Å². The summed E-state index contributed by atoms with van der Waals surface area (Å²) in [7, 11) is 1.62. The minimum Gasteiger partial charge on any atom is -0.497 e. The monoisotopic (exact) mass is 362 g/mol. The highest BCUT2D eigenvalue weighted by molar-refractivity contribution is 5.92. The summed E-state index contributed by atoms with van der Waals surface area (Å²) in [5, 5.41) is 6.08. The largest absolute Gasteiger partial charge is 0.497 e. The number of benzene rings is 2. The molecule has 0 aliphatic rings. The minimum atomic E-state index is -0.265. The summed E-state index contributed by atoms with van der Waals surface area (Å²) in [5.74, 6) is 1.12. The molecule has 0 atom stereocenters. The number of methoxy groups -OCH3 is 1. The van der Waals surface area contributed by atoms with Gasteiger partial charge >= 0.3 is 0 Å². The molecule has 0 bridgehead atoms. The van der Waals surface area contributed by atoms with Crippen LogP contribution in [0.5, 0.6) is 5.75 Å². The zero-order chi connectivity index (χ0) is 19.1. The van der Waals surface area contributed by atoms with E-state index in [0.717, 1.165) is 23.4 Å². The van der Waals surface area contributed by atoms with Gasteiger partial charge in [-0.05, 0) is 35.7 Å². The quantitative estimate of drug-likeness (QED) is 0.670. The molecule has 27 heavy (non-hydrogen) atoms. The van der Waals surface area contributed by atoms with Crippen molar-refractivity contribution in [3.05, 3.63) is 77.7 Å². The number of aryl methyl sites for hydroxylation is 1. The van der Waals surface area contributed by atoms with Crippen molar-refractivity contribution in [3.63, 3.8) is 0 Å². The van der Waals surface area contributed by atoms with E-state index in [4.69, 9.17) is 4.74 Å². The fraction of sp³-hybridized carbons (Fsp3) is 0.190. The zero-order valence-corrected chi connectivity index (χ0v) is 15.4. The van der Waals surface area contributed by atoms with Crippen LogP contribution in [0, 0.1) is 0 Å². The van der Waals surface area contributed by atoms with E-state index in [1.807, 2.05) is 42.5 Å². The first-order chi connectivity index (χ1) is 13.2. The maximum atomic E-state index is 12.3. The van der Waals surface area contributed by atoms with Crippen LogP contribution in [0.3, 0.4) is 0 Å². The Bertz CT molecular complexity index is 893. The summed E-state index contributed by atoms with van der Waals surface area (Å²) in [6, 6.07) is 15.6. The fourth-order valence-corrected chi connectivity index (χ4v) is 2.61.